The Balaban J connectivity index is 1.91. The van der Waals surface area contributed by atoms with E-state index in [1.807, 2.05) is 24.3 Å². The normalized spacial score (nSPS) is 16.0. The van der Waals surface area contributed by atoms with Gasteiger partial charge in [-0.25, -0.2) is 0 Å². The number of carbonyl (C=O) groups is 2. The first-order valence-electron chi connectivity index (χ1n) is 8.94. The lowest BCUT2D eigenvalue weighted by Crippen LogP contribution is -2.22. The molecule has 1 N–H and O–H groups in total. The number of rotatable bonds is 6. The fraction of sp³-hybridized carbons (Fsp3) is 0.429. The van der Waals surface area contributed by atoms with Gasteiger partial charge >= 0.3 is 0 Å². The Bertz CT molecular complexity index is 825. The number of ketones is 2. The smallest absolute Gasteiger partial charge is 0.235 e. The van der Waals surface area contributed by atoms with Gasteiger partial charge in [0.15, 0.2) is 0 Å². The van der Waals surface area contributed by atoms with Gasteiger partial charge in [0, 0.05) is 16.5 Å². The number of aromatic amines is 1. The summed E-state index contributed by atoms with van der Waals surface area (Å²) >= 11 is 0. The van der Waals surface area contributed by atoms with E-state index in [2.05, 4.69) is 18.8 Å². The van der Waals surface area contributed by atoms with E-state index in [-0.39, 0.29) is 11.6 Å². The number of nitrogens with one attached hydrogen (secondary N) is 1. The van der Waals surface area contributed by atoms with E-state index in [0.29, 0.717) is 11.1 Å². The zero-order valence-electron chi connectivity index (χ0n) is 14.7. The van der Waals surface area contributed by atoms with E-state index in [1.165, 1.54) is 12.8 Å². The van der Waals surface area contributed by atoms with Crippen LogP contribution in [0.15, 0.2) is 29.8 Å². The standard InChI is InChI=1S/C21H25NO2/c1-4-13(2)9-5-6-10-15-14(3)20(23)21(24)18-16-11-7-8-12-17(16)22-19(15)18/h7-8,11-13,22H,4-6,9-10H2,1-3H3/t13-/m1/s1. The summed E-state index contributed by atoms with van der Waals surface area (Å²) in [6, 6.07) is 7.72. The molecule has 1 atom stereocenters. The molecule has 1 aliphatic rings. The van der Waals surface area contributed by atoms with Crippen LogP contribution >= 0.6 is 0 Å². The van der Waals surface area contributed by atoms with Crippen molar-refractivity contribution in [2.24, 2.45) is 5.92 Å². The predicted octanol–water partition coefficient (Wildman–Crippen LogP) is 5.31. The van der Waals surface area contributed by atoms with Crippen LogP contribution in [0.3, 0.4) is 0 Å². The highest BCUT2D eigenvalue weighted by Gasteiger charge is 2.33. The van der Waals surface area contributed by atoms with Crippen LogP contribution in [-0.4, -0.2) is 16.6 Å². The molecular formula is C21H25NO2. The summed E-state index contributed by atoms with van der Waals surface area (Å²) in [5, 5.41) is 0.857. The predicted molar refractivity (Wildman–Crippen MR) is 98.2 cm³/mol. The highest BCUT2D eigenvalue weighted by molar-refractivity contribution is 6.54. The zero-order valence-corrected chi connectivity index (χ0v) is 14.7. The molecule has 0 saturated carbocycles. The molecule has 0 aliphatic heterocycles. The average molecular weight is 323 g/mol. The molecule has 0 radical (unpaired) electrons. The first kappa shape index (κ1) is 16.7. The number of fused-ring (bicyclic) bond motifs is 3. The van der Waals surface area contributed by atoms with Gasteiger partial charge in [0.25, 0.3) is 0 Å². The average Bonchev–Trinajstić information content (AvgIpc) is 2.98. The number of hydrogen-bond donors (Lipinski definition) is 1. The Morgan fingerprint density at radius 3 is 2.58 bits per heavy atom. The van der Waals surface area contributed by atoms with Crippen molar-refractivity contribution in [2.45, 2.75) is 52.9 Å². The number of aromatic nitrogens is 1. The SMILES string of the molecule is CC[C@@H](C)CCCCC1=C(C)C(=O)C(=O)c2c1[nH]c1ccccc21. The van der Waals surface area contributed by atoms with Gasteiger partial charge in [-0.1, -0.05) is 51.3 Å². The van der Waals surface area contributed by atoms with Crippen LogP contribution in [0, 0.1) is 5.92 Å². The molecule has 3 heteroatoms. The second-order valence-corrected chi connectivity index (χ2v) is 6.94. The number of carbonyl (C=O) groups excluding carboxylic acids is 2. The number of allylic oxidation sites excluding steroid dienone is 2. The Hall–Kier alpha value is -2.16. The van der Waals surface area contributed by atoms with E-state index < -0.39 is 0 Å². The molecule has 3 rings (SSSR count). The topological polar surface area (TPSA) is 49.9 Å². The van der Waals surface area contributed by atoms with Crippen molar-refractivity contribution < 1.29 is 9.59 Å². The summed E-state index contributed by atoms with van der Waals surface area (Å²) in [6.07, 6.45) is 5.48. The molecule has 0 fully saturated rings. The lowest BCUT2D eigenvalue weighted by molar-refractivity contribution is -0.111. The van der Waals surface area contributed by atoms with E-state index in [1.54, 1.807) is 6.92 Å². The van der Waals surface area contributed by atoms with E-state index in [0.717, 1.165) is 47.4 Å². The minimum Gasteiger partial charge on any atom is -0.354 e. The number of para-hydroxylation sites is 1. The van der Waals surface area contributed by atoms with Gasteiger partial charge in [0.1, 0.15) is 0 Å². The van der Waals surface area contributed by atoms with Gasteiger partial charge in [0.2, 0.25) is 11.6 Å². The van der Waals surface area contributed by atoms with Gasteiger partial charge in [-0.2, -0.15) is 0 Å². The molecule has 2 aromatic rings. The lowest BCUT2D eigenvalue weighted by atomic mass is 9.85. The maximum atomic E-state index is 12.5. The van der Waals surface area contributed by atoms with E-state index >= 15 is 0 Å². The van der Waals surface area contributed by atoms with Crippen molar-refractivity contribution in [3.05, 3.63) is 41.1 Å². The number of hydrogen-bond acceptors (Lipinski definition) is 2. The lowest BCUT2D eigenvalue weighted by Gasteiger charge is -2.17. The fourth-order valence-electron chi connectivity index (χ4n) is 3.52. The molecule has 0 amide bonds. The molecule has 0 unspecified atom stereocenters. The summed E-state index contributed by atoms with van der Waals surface area (Å²) in [4.78, 5) is 28.3. The Labute approximate surface area is 143 Å². The molecule has 0 saturated heterocycles. The molecule has 1 aromatic heterocycles. The van der Waals surface area contributed by atoms with Crippen molar-refractivity contribution in [1.82, 2.24) is 4.98 Å². The van der Waals surface area contributed by atoms with Crippen LogP contribution in [0.25, 0.3) is 16.5 Å². The zero-order chi connectivity index (χ0) is 17.3. The minimum absolute atomic E-state index is 0.343. The van der Waals surface area contributed by atoms with Crippen LogP contribution in [0.2, 0.25) is 0 Å². The second-order valence-electron chi connectivity index (χ2n) is 6.94. The van der Waals surface area contributed by atoms with Gasteiger partial charge < -0.3 is 4.98 Å². The van der Waals surface area contributed by atoms with Gasteiger partial charge in [-0.05, 0) is 37.3 Å². The van der Waals surface area contributed by atoms with E-state index in [9.17, 15) is 9.59 Å². The monoisotopic (exact) mass is 323 g/mol. The van der Waals surface area contributed by atoms with Crippen molar-refractivity contribution in [1.29, 1.82) is 0 Å². The maximum absolute atomic E-state index is 12.5. The summed E-state index contributed by atoms with van der Waals surface area (Å²) in [7, 11) is 0. The third-order valence-electron chi connectivity index (χ3n) is 5.31. The largest absolute Gasteiger partial charge is 0.354 e. The Kier molecular flexibility index (Phi) is 4.70. The number of unbranched alkanes of at least 4 members (excludes halogenated alkanes) is 1. The van der Waals surface area contributed by atoms with Crippen LogP contribution in [-0.2, 0) is 4.79 Å². The number of benzene rings is 1. The molecule has 0 bridgehead atoms. The van der Waals surface area contributed by atoms with Crippen molar-refractivity contribution in [3.8, 4) is 0 Å². The molecule has 1 heterocycles. The Morgan fingerprint density at radius 1 is 1.08 bits per heavy atom. The van der Waals surface area contributed by atoms with Gasteiger partial charge in [0.05, 0.1) is 11.3 Å². The highest BCUT2D eigenvalue weighted by atomic mass is 16.2. The third-order valence-corrected chi connectivity index (χ3v) is 5.31. The third kappa shape index (κ3) is 2.83. The number of H-pyrrole nitrogens is 1. The van der Waals surface area contributed by atoms with Crippen LogP contribution in [0.5, 0.6) is 0 Å². The van der Waals surface area contributed by atoms with Crippen molar-refractivity contribution >= 4 is 28.0 Å². The molecule has 126 valence electrons. The Morgan fingerprint density at radius 2 is 1.83 bits per heavy atom. The molecule has 0 spiro atoms. The van der Waals surface area contributed by atoms with Crippen LogP contribution < -0.4 is 0 Å². The first-order chi connectivity index (χ1) is 11.5. The summed E-state index contributed by atoms with van der Waals surface area (Å²) in [5.41, 5.74) is 3.99. The molecule has 1 aliphatic carbocycles. The minimum atomic E-state index is -0.372. The van der Waals surface area contributed by atoms with Gasteiger partial charge in [-0.15, -0.1) is 0 Å². The second kappa shape index (κ2) is 6.76. The van der Waals surface area contributed by atoms with Crippen molar-refractivity contribution in [2.75, 3.05) is 0 Å². The number of Topliss-reactive ketones (excluding diaryl/α,β-unsaturated/α-hetero) is 2. The maximum Gasteiger partial charge on any atom is 0.235 e. The quantitative estimate of drug-likeness (QED) is 0.578. The fourth-order valence-corrected chi connectivity index (χ4v) is 3.52. The molecule has 3 nitrogen and oxygen atoms in total. The highest BCUT2D eigenvalue weighted by Crippen LogP contribution is 2.36. The van der Waals surface area contributed by atoms with E-state index in [4.69, 9.17) is 0 Å². The first-order valence-corrected chi connectivity index (χ1v) is 8.94. The summed E-state index contributed by atoms with van der Waals surface area (Å²) < 4.78 is 0. The molecular weight excluding hydrogens is 298 g/mol. The van der Waals surface area contributed by atoms with Crippen molar-refractivity contribution in [3.63, 3.8) is 0 Å². The van der Waals surface area contributed by atoms with Crippen LogP contribution in [0.1, 0.15) is 68.9 Å². The van der Waals surface area contributed by atoms with Crippen LogP contribution in [0.4, 0.5) is 0 Å². The molecule has 24 heavy (non-hydrogen) atoms. The summed E-state index contributed by atoms with van der Waals surface area (Å²) in [6.45, 7) is 6.29. The molecule has 1 aromatic carbocycles. The van der Waals surface area contributed by atoms with Gasteiger partial charge in [-0.3, -0.25) is 9.59 Å². The summed E-state index contributed by atoms with van der Waals surface area (Å²) in [5.74, 6) is 0.0331.